The molecule has 0 spiro atoms. The first kappa shape index (κ1) is 10.1. The van der Waals surface area contributed by atoms with Crippen LogP contribution in [0.3, 0.4) is 0 Å². The smallest absolute Gasteiger partial charge is 0.187 e. The van der Waals surface area contributed by atoms with Gasteiger partial charge >= 0.3 is 39.3 Å². The molecule has 0 aliphatic rings. The van der Waals surface area contributed by atoms with Crippen LogP contribution in [0.25, 0.3) is 0 Å². The van der Waals surface area contributed by atoms with E-state index in [0.29, 0.717) is 0 Å². The molecule has 0 aromatic carbocycles. The van der Waals surface area contributed by atoms with Crippen LogP contribution in [-0.4, -0.2) is 17.4 Å². The molecule has 0 radical (unpaired) electrons. The molecule has 0 fully saturated rings. The molecule has 0 aliphatic heterocycles. The predicted molar refractivity (Wildman–Crippen MR) is 30.9 cm³/mol. The normalized spacial score (nSPS) is 7.67. The van der Waals surface area contributed by atoms with E-state index in [-0.39, 0.29) is 17.4 Å². The molecule has 0 unspecified atom stereocenters. The van der Waals surface area contributed by atoms with E-state index in [4.69, 9.17) is 0 Å². The van der Waals surface area contributed by atoms with E-state index in [9.17, 15) is 0 Å². The van der Waals surface area contributed by atoms with Crippen LogP contribution in [0.15, 0.2) is 0 Å². The van der Waals surface area contributed by atoms with Crippen molar-refractivity contribution in [3.63, 3.8) is 0 Å². The number of rotatable bonds is 2. The van der Waals surface area contributed by atoms with Crippen LogP contribution in [0.4, 0.5) is 0 Å². The summed E-state index contributed by atoms with van der Waals surface area (Å²) in [6, 6.07) is 0. The maximum Gasteiger partial charge on any atom is 0.187 e. The predicted octanol–water partition coefficient (Wildman–Crippen LogP) is 0.761. The summed E-state index contributed by atoms with van der Waals surface area (Å²) >= 11 is 1.60. The van der Waals surface area contributed by atoms with Crippen molar-refractivity contribution in [2.24, 2.45) is 0 Å². The van der Waals surface area contributed by atoms with Gasteiger partial charge in [0.2, 0.25) is 0 Å². The zero-order valence-electron chi connectivity index (χ0n) is 3.75. The van der Waals surface area contributed by atoms with E-state index in [0.717, 1.165) is 0 Å². The van der Waals surface area contributed by atoms with Crippen LogP contribution in [0, 0.1) is 0 Å². The van der Waals surface area contributed by atoms with Gasteiger partial charge in [0.05, 0.1) is 0 Å². The Morgan fingerprint density at radius 2 is 1.50 bits per heavy atom. The van der Waals surface area contributed by atoms with Crippen molar-refractivity contribution in [3.8, 4) is 0 Å². The van der Waals surface area contributed by atoms with Crippen molar-refractivity contribution < 1.29 is 14.7 Å². The first-order valence-electron chi connectivity index (χ1n) is 1.89. The molecule has 0 saturated carbocycles. The quantitative estimate of drug-likeness (QED) is 0.506. The fraction of sp³-hybridized carbons (Fsp3) is 1.00. The molecule has 0 aliphatic carbocycles. The molecular weight excluding hydrogens is 134 g/mol. The SMILES string of the molecule is C[CH2][Co][CH2]C.[AlH3]. The minimum absolute atomic E-state index is 0. The summed E-state index contributed by atoms with van der Waals surface area (Å²) in [6.45, 7) is 4.40. The Balaban J connectivity index is 0. The third-order valence-corrected chi connectivity index (χ3v) is 1.37. The van der Waals surface area contributed by atoms with E-state index in [1.54, 1.807) is 14.7 Å². The largest absolute Gasteiger partial charge is 0.187 e. The van der Waals surface area contributed by atoms with Crippen molar-refractivity contribution in [1.82, 2.24) is 0 Å². The molecule has 0 heterocycles. The summed E-state index contributed by atoms with van der Waals surface area (Å²) in [4.78, 5) is 0. The first-order valence-corrected chi connectivity index (χ1v) is 3.36. The topological polar surface area (TPSA) is 0 Å². The molecule has 0 saturated heterocycles. The Kier molecular flexibility index (Phi) is 15.8. The van der Waals surface area contributed by atoms with Gasteiger partial charge < -0.3 is 0 Å². The number of hydrogen-bond donors (Lipinski definition) is 0. The molecule has 0 aromatic heterocycles. The van der Waals surface area contributed by atoms with Crippen LogP contribution in [0.5, 0.6) is 0 Å². The van der Waals surface area contributed by atoms with Gasteiger partial charge in [0.15, 0.2) is 17.4 Å². The Morgan fingerprint density at radius 1 is 1.17 bits per heavy atom. The van der Waals surface area contributed by atoms with Crippen LogP contribution < -0.4 is 0 Å². The molecule has 6 heavy (non-hydrogen) atoms. The molecule has 41 valence electrons. The van der Waals surface area contributed by atoms with Gasteiger partial charge in [-0.2, -0.15) is 0 Å². The van der Waals surface area contributed by atoms with Crippen LogP contribution >= 0.6 is 0 Å². The van der Waals surface area contributed by atoms with E-state index < -0.39 is 0 Å². The summed E-state index contributed by atoms with van der Waals surface area (Å²) in [7, 11) is 0. The second-order valence-electron chi connectivity index (χ2n) is 0.638. The average molecular weight is 147 g/mol. The fourth-order valence-corrected chi connectivity index (χ4v) is 0.687. The van der Waals surface area contributed by atoms with Crippen molar-refractivity contribution in [2.45, 2.75) is 24.6 Å². The Labute approximate surface area is 56.8 Å². The monoisotopic (exact) mass is 147 g/mol. The molecule has 0 bridgehead atoms. The molecule has 0 atom stereocenters. The Hall–Kier alpha value is 1.04. The summed E-state index contributed by atoms with van der Waals surface area (Å²) in [5.74, 6) is 0. The maximum atomic E-state index is 2.20. The zero-order chi connectivity index (χ0) is 4.12. The molecular formula is C4H13AlCo. The van der Waals surface area contributed by atoms with Gasteiger partial charge in [-0.15, -0.1) is 0 Å². The summed E-state index contributed by atoms with van der Waals surface area (Å²) in [6.07, 6.45) is 0. The Morgan fingerprint density at radius 3 is 1.50 bits per heavy atom. The second-order valence-corrected chi connectivity index (χ2v) is 2.63. The van der Waals surface area contributed by atoms with E-state index in [2.05, 4.69) is 13.8 Å². The van der Waals surface area contributed by atoms with Crippen LogP contribution in [-0.2, 0) is 14.7 Å². The number of hydrogen-bond acceptors (Lipinski definition) is 0. The molecule has 0 aromatic rings. The van der Waals surface area contributed by atoms with Gasteiger partial charge in [0.25, 0.3) is 0 Å². The summed E-state index contributed by atoms with van der Waals surface area (Å²) in [5.41, 5.74) is 0. The van der Waals surface area contributed by atoms with Gasteiger partial charge in [-0.3, -0.25) is 0 Å². The molecule has 0 nitrogen and oxygen atoms in total. The third-order valence-electron chi connectivity index (χ3n) is 0.333. The van der Waals surface area contributed by atoms with Crippen molar-refractivity contribution in [2.75, 3.05) is 0 Å². The van der Waals surface area contributed by atoms with Gasteiger partial charge in [0.1, 0.15) is 0 Å². The van der Waals surface area contributed by atoms with E-state index >= 15 is 0 Å². The van der Waals surface area contributed by atoms with Gasteiger partial charge in [-0.25, -0.2) is 0 Å². The molecule has 2 heteroatoms. The molecule has 0 N–H and O–H groups in total. The second kappa shape index (κ2) is 9.40. The van der Waals surface area contributed by atoms with Crippen LogP contribution in [0.2, 0.25) is 10.7 Å². The first-order chi connectivity index (χ1) is 2.41. The van der Waals surface area contributed by atoms with Crippen LogP contribution in [0.1, 0.15) is 13.8 Å². The summed E-state index contributed by atoms with van der Waals surface area (Å²) in [5, 5.41) is 2.62. The zero-order valence-corrected chi connectivity index (χ0v) is 4.79. The van der Waals surface area contributed by atoms with E-state index in [1.807, 2.05) is 0 Å². The minimum atomic E-state index is 0. The van der Waals surface area contributed by atoms with Gasteiger partial charge in [0, 0.05) is 0 Å². The standard InChI is InChI=1S/2C2H5.Al.Co.3H/c2*1-2;;;;;/h2*1H2,2H3;;;;;. The minimum Gasteiger partial charge on any atom is 0.187 e. The molecule has 0 rings (SSSR count). The fourth-order valence-electron chi connectivity index (χ4n) is 0.167. The maximum absolute atomic E-state index is 2.20. The van der Waals surface area contributed by atoms with E-state index in [1.165, 1.54) is 10.7 Å². The van der Waals surface area contributed by atoms with Crippen molar-refractivity contribution in [3.05, 3.63) is 0 Å². The van der Waals surface area contributed by atoms with Crippen molar-refractivity contribution in [1.29, 1.82) is 0 Å². The third kappa shape index (κ3) is 8.90. The van der Waals surface area contributed by atoms with Gasteiger partial charge in [-0.05, 0) is 0 Å². The van der Waals surface area contributed by atoms with Crippen molar-refractivity contribution >= 4 is 17.4 Å². The molecule has 0 amide bonds. The van der Waals surface area contributed by atoms with Gasteiger partial charge in [-0.1, -0.05) is 0 Å². The average Bonchev–Trinajstić information content (AvgIpc) is 1.41. The Bertz CT molecular complexity index is 15.0. The summed E-state index contributed by atoms with van der Waals surface area (Å²) < 4.78 is 0.